The second-order valence-corrected chi connectivity index (χ2v) is 4.38. The Labute approximate surface area is 93.0 Å². The zero-order chi connectivity index (χ0) is 10.7. The summed E-state index contributed by atoms with van der Waals surface area (Å²) in [6.07, 6.45) is 6.47. The van der Waals surface area contributed by atoms with Crippen LogP contribution in [0.25, 0.3) is 0 Å². The fourth-order valence-electron chi connectivity index (χ4n) is 1.59. The molecule has 0 spiro atoms. The molecule has 2 aromatic heterocycles. The molecule has 0 aliphatic rings. The van der Waals surface area contributed by atoms with E-state index < -0.39 is 0 Å². The number of rotatable bonds is 4. The van der Waals surface area contributed by atoms with E-state index >= 15 is 0 Å². The minimum atomic E-state index is 0.281. The summed E-state index contributed by atoms with van der Waals surface area (Å²) >= 11 is 1.69. The van der Waals surface area contributed by atoms with Gasteiger partial charge in [0.15, 0.2) is 0 Å². The van der Waals surface area contributed by atoms with E-state index in [1.165, 1.54) is 5.69 Å². The van der Waals surface area contributed by atoms with Gasteiger partial charge in [-0.05, 0) is 7.05 Å². The molecular formula is C10H14N4S. The molecular weight excluding hydrogens is 208 g/mol. The van der Waals surface area contributed by atoms with Crippen LogP contribution in [-0.2, 0) is 13.5 Å². The summed E-state index contributed by atoms with van der Waals surface area (Å²) in [6.45, 7) is 0. The second-order valence-electron chi connectivity index (χ2n) is 3.40. The lowest BCUT2D eigenvalue weighted by atomic mass is 10.1. The monoisotopic (exact) mass is 222 g/mol. The highest BCUT2D eigenvalue weighted by molar-refractivity contribution is 7.09. The van der Waals surface area contributed by atoms with Crippen molar-refractivity contribution in [3.05, 3.63) is 34.8 Å². The maximum absolute atomic E-state index is 4.29. The van der Waals surface area contributed by atoms with Gasteiger partial charge in [0, 0.05) is 31.2 Å². The van der Waals surface area contributed by atoms with E-state index in [1.54, 1.807) is 11.3 Å². The first-order valence-corrected chi connectivity index (χ1v) is 5.71. The van der Waals surface area contributed by atoms with E-state index in [-0.39, 0.29) is 6.04 Å². The zero-order valence-corrected chi connectivity index (χ0v) is 9.66. The molecule has 0 amide bonds. The summed E-state index contributed by atoms with van der Waals surface area (Å²) in [5, 5.41) is 6.44. The standard InChI is InChI=1S/C10H14N4S/c1-11-8(5-10-13-3-4-15-10)9-6-12-7-14(9)2/h3-4,6-8,11H,5H2,1-2H3. The lowest BCUT2D eigenvalue weighted by molar-refractivity contribution is 0.554. The smallest absolute Gasteiger partial charge is 0.0946 e. The molecule has 0 radical (unpaired) electrons. The maximum Gasteiger partial charge on any atom is 0.0946 e. The van der Waals surface area contributed by atoms with E-state index in [0.717, 1.165) is 11.4 Å². The van der Waals surface area contributed by atoms with Gasteiger partial charge in [-0.1, -0.05) is 0 Å². The number of aryl methyl sites for hydroxylation is 1. The Morgan fingerprint density at radius 3 is 3.00 bits per heavy atom. The fourth-order valence-corrected chi connectivity index (χ4v) is 2.25. The highest BCUT2D eigenvalue weighted by Gasteiger charge is 2.14. The van der Waals surface area contributed by atoms with Crippen molar-refractivity contribution in [2.75, 3.05) is 7.05 Å². The van der Waals surface area contributed by atoms with Gasteiger partial charge >= 0.3 is 0 Å². The van der Waals surface area contributed by atoms with Gasteiger partial charge in [0.05, 0.1) is 23.1 Å². The third-order valence-electron chi connectivity index (χ3n) is 2.42. The van der Waals surface area contributed by atoms with Crippen molar-refractivity contribution in [1.29, 1.82) is 0 Å². The Morgan fingerprint density at radius 1 is 1.60 bits per heavy atom. The Balaban J connectivity index is 2.15. The molecule has 0 aliphatic carbocycles. The number of thiazole rings is 1. The van der Waals surface area contributed by atoms with Crippen LogP contribution < -0.4 is 5.32 Å². The summed E-state index contributed by atoms with van der Waals surface area (Å²) in [7, 11) is 3.97. The van der Waals surface area contributed by atoms with Crippen LogP contribution in [0.4, 0.5) is 0 Å². The van der Waals surface area contributed by atoms with Crippen molar-refractivity contribution in [3.63, 3.8) is 0 Å². The van der Waals surface area contributed by atoms with Gasteiger partial charge in [-0.2, -0.15) is 0 Å². The zero-order valence-electron chi connectivity index (χ0n) is 8.84. The Kier molecular flexibility index (Phi) is 3.13. The third kappa shape index (κ3) is 2.24. The number of likely N-dealkylation sites (N-methyl/N-ethyl adjacent to an activating group) is 1. The van der Waals surface area contributed by atoms with Crippen molar-refractivity contribution in [2.45, 2.75) is 12.5 Å². The molecule has 1 atom stereocenters. The van der Waals surface area contributed by atoms with Crippen LogP contribution in [0.15, 0.2) is 24.1 Å². The minimum Gasteiger partial charge on any atom is -0.336 e. The topological polar surface area (TPSA) is 42.7 Å². The Morgan fingerprint density at radius 2 is 2.47 bits per heavy atom. The van der Waals surface area contributed by atoms with Crippen molar-refractivity contribution >= 4 is 11.3 Å². The summed E-state index contributed by atoms with van der Waals surface area (Å²) < 4.78 is 2.04. The van der Waals surface area contributed by atoms with Crippen molar-refractivity contribution in [1.82, 2.24) is 19.9 Å². The van der Waals surface area contributed by atoms with Gasteiger partial charge in [-0.15, -0.1) is 11.3 Å². The second kappa shape index (κ2) is 4.55. The molecule has 0 saturated carbocycles. The highest BCUT2D eigenvalue weighted by atomic mass is 32.1. The van der Waals surface area contributed by atoms with E-state index in [1.807, 2.05) is 42.8 Å². The van der Waals surface area contributed by atoms with Crippen molar-refractivity contribution in [3.8, 4) is 0 Å². The highest BCUT2D eigenvalue weighted by Crippen LogP contribution is 2.18. The number of imidazole rings is 1. The summed E-state index contributed by atoms with van der Waals surface area (Å²) in [5.74, 6) is 0. The molecule has 5 heteroatoms. The molecule has 4 nitrogen and oxygen atoms in total. The predicted molar refractivity (Wildman–Crippen MR) is 60.8 cm³/mol. The van der Waals surface area contributed by atoms with Crippen LogP contribution in [0.1, 0.15) is 16.7 Å². The molecule has 1 N–H and O–H groups in total. The summed E-state index contributed by atoms with van der Waals surface area (Å²) in [5.41, 5.74) is 1.19. The number of nitrogens with one attached hydrogen (secondary N) is 1. The van der Waals surface area contributed by atoms with E-state index in [9.17, 15) is 0 Å². The molecule has 0 aromatic carbocycles. The Hall–Kier alpha value is -1.20. The quantitative estimate of drug-likeness (QED) is 0.850. The van der Waals surface area contributed by atoms with E-state index in [2.05, 4.69) is 15.3 Å². The SMILES string of the molecule is CNC(Cc1nccs1)c1cncn1C. The van der Waals surface area contributed by atoms with Crippen LogP contribution in [0.2, 0.25) is 0 Å². The van der Waals surface area contributed by atoms with Crippen LogP contribution in [0.3, 0.4) is 0 Å². The molecule has 1 unspecified atom stereocenters. The molecule has 2 rings (SSSR count). The largest absolute Gasteiger partial charge is 0.336 e. The van der Waals surface area contributed by atoms with Crippen LogP contribution in [0, 0.1) is 0 Å². The molecule has 80 valence electrons. The normalized spacial score (nSPS) is 12.9. The number of aromatic nitrogens is 3. The predicted octanol–water partition coefficient (Wildman–Crippen LogP) is 1.38. The lowest BCUT2D eigenvalue weighted by Crippen LogP contribution is -2.21. The van der Waals surface area contributed by atoms with E-state index in [4.69, 9.17) is 0 Å². The average Bonchev–Trinajstić information content (AvgIpc) is 2.85. The van der Waals surface area contributed by atoms with Crippen molar-refractivity contribution < 1.29 is 0 Å². The maximum atomic E-state index is 4.29. The molecule has 0 fully saturated rings. The van der Waals surface area contributed by atoms with Gasteiger partial charge in [-0.3, -0.25) is 0 Å². The van der Waals surface area contributed by atoms with Crippen LogP contribution in [0.5, 0.6) is 0 Å². The van der Waals surface area contributed by atoms with Gasteiger partial charge in [0.1, 0.15) is 0 Å². The number of hydrogen-bond donors (Lipinski definition) is 1. The molecule has 0 bridgehead atoms. The molecule has 15 heavy (non-hydrogen) atoms. The third-order valence-corrected chi connectivity index (χ3v) is 3.22. The van der Waals surface area contributed by atoms with Gasteiger partial charge in [0.2, 0.25) is 0 Å². The fraction of sp³-hybridized carbons (Fsp3) is 0.400. The number of hydrogen-bond acceptors (Lipinski definition) is 4. The average molecular weight is 222 g/mol. The first kappa shape index (κ1) is 10.3. The lowest BCUT2D eigenvalue weighted by Gasteiger charge is -2.14. The first-order valence-electron chi connectivity index (χ1n) is 4.83. The Bertz CT molecular complexity index is 407. The molecule has 0 saturated heterocycles. The molecule has 0 aliphatic heterocycles. The van der Waals surface area contributed by atoms with Gasteiger partial charge < -0.3 is 9.88 Å². The molecule has 2 aromatic rings. The van der Waals surface area contributed by atoms with Crippen molar-refractivity contribution in [2.24, 2.45) is 7.05 Å². The number of nitrogens with zero attached hydrogens (tertiary/aromatic N) is 3. The summed E-state index contributed by atoms with van der Waals surface area (Å²) in [6, 6.07) is 0.281. The van der Waals surface area contributed by atoms with Gasteiger partial charge in [-0.25, -0.2) is 9.97 Å². The van der Waals surface area contributed by atoms with Crippen LogP contribution in [-0.4, -0.2) is 21.6 Å². The van der Waals surface area contributed by atoms with Crippen LogP contribution >= 0.6 is 11.3 Å². The molecule has 2 heterocycles. The minimum absolute atomic E-state index is 0.281. The van der Waals surface area contributed by atoms with E-state index in [0.29, 0.717) is 0 Å². The van der Waals surface area contributed by atoms with Gasteiger partial charge in [0.25, 0.3) is 0 Å². The summed E-state index contributed by atoms with van der Waals surface area (Å²) in [4.78, 5) is 8.42. The first-order chi connectivity index (χ1) is 7.31.